The van der Waals surface area contributed by atoms with Crippen molar-refractivity contribution in [2.24, 2.45) is 5.73 Å². The maximum absolute atomic E-state index is 6.27. The van der Waals surface area contributed by atoms with Crippen molar-refractivity contribution >= 4 is 10.9 Å². The molecule has 0 saturated carbocycles. The van der Waals surface area contributed by atoms with Crippen LogP contribution >= 0.6 is 0 Å². The molecular formula is C16H19N3O. The SMILES string of the molecule is CCn1nc(CC(N)c2coc(C)c2)c2ccccc21. The van der Waals surface area contributed by atoms with Crippen molar-refractivity contribution in [3.63, 3.8) is 0 Å². The van der Waals surface area contributed by atoms with E-state index in [0.29, 0.717) is 6.42 Å². The number of nitrogens with zero attached hydrogens (tertiary/aromatic N) is 2. The smallest absolute Gasteiger partial charge is 0.101 e. The summed E-state index contributed by atoms with van der Waals surface area (Å²) in [4.78, 5) is 0. The van der Waals surface area contributed by atoms with E-state index in [0.717, 1.165) is 23.6 Å². The number of benzene rings is 1. The molecule has 1 aromatic carbocycles. The zero-order valence-corrected chi connectivity index (χ0v) is 11.8. The van der Waals surface area contributed by atoms with Gasteiger partial charge in [0.05, 0.1) is 17.5 Å². The third kappa shape index (κ3) is 2.23. The summed E-state index contributed by atoms with van der Waals surface area (Å²) in [6, 6.07) is 10.2. The molecule has 1 unspecified atom stereocenters. The van der Waals surface area contributed by atoms with Crippen LogP contribution in [0.5, 0.6) is 0 Å². The van der Waals surface area contributed by atoms with Gasteiger partial charge in [0.25, 0.3) is 0 Å². The van der Waals surface area contributed by atoms with Crippen LogP contribution in [0, 0.1) is 6.92 Å². The molecule has 2 heterocycles. The number of aryl methyl sites for hydroxylation is 2. The quantitative estimate of drug-likeness (QED) is 0.791. The molecule has 0 amide bonds. The van der Waals surface area contributed by atoms with Crippen molar-refractivity contribution in [2.45, 2.75) is 32.9 Å². The molecule has 2 N–H and O–H groups in total. The summed E-state index contributed by atoms with van der Waals surface area (Å²) in [5.41, 5.74) is 9.52. The van der Waals surface area contributed by atoms with Gasteiger partial charge in [-0.05, 0) is 26.0 Å². The Morgan fingerprint density at radius 2 is 2.15 bits per heavy atom. The average molecular weight is 269 g/mol. The fraction of sp³-hybridized carbons (Fsp3) is 0.312. The van der Waals surface area contributed by atoms with E-state index in [2.05, 4.69) is 24.2 Å². The third-order valence-electron chi connectivity index (χ3n) is 3.63. The van der Waals surface area contributed by atoms with Crippen LogP contribution in [0.2, 0.25) is 0 Å². The lowest BCUT2D eigenvalue weighted by Gasteiger charge is -2.07. The summed E-state index contributed by atoms with van der Waals surface area (Å²) in [5.74, 6) is 0.888. The van der Waals surface area contributed by atoms with Gasteiger partial charge in [0, 0.05) is 30.0 Å². The van der Waals surface area contributed by atoms with E-state index in [1.807, 2.05) is 29.8 Å². The summed E-state index contributed by atoms with van der Waals surface area (Å²) in [7, 11) is 0. The molecule has 1 atom stereocenters. The van der Waals surface area contributed by atoms with Crippen LogP contribution in [0.4, 0.5) is 0 Å². The summed E-state index contributed by atoms with van der Waals surface area (Å²) in [6.45, 7) is 4.89. The number of nitrogens with two attached hydrogens (primary N) is 1. The summed E-state index contributed by atoms with van der Waals surface area (Å²) in [6.07, 6.45) is 2.45. The lowest BCUT2D eigenvalue weighted by atomic mass is 10.0. The van der Waals surface area contributed by atoms with E-state index >= 15 is 0 Å². The Morgan fingerprint density at radius 3 is 2.85 bits per heavy atom. The summed E-state index contributed by atoms with van der Waals surface area (Å²) >= 11 is 0. The van der Waals surface area contributed by atoms with Gasteiger partial charge in [-0.25, -0.2) is 0 Å². The van der Waals surface area contributed by atoms with Crippen LogP contribution in [0.25, 0.3) is 10.9 Å². The molecule has 0 saturated heterocycles. The fourth-order valence-electron chi connectivity index (χ4n) is 2.57. The molecule has 104 valence electrons. The highest BCUT2D eigenvalue weighted by Gasteiger charge is 2.15. The average Bonchev–Trinajstić information content (AvgIpc) is 3.03. The molecule has 20 heavy (non-hydrogen) atoms. The van der Waals surface area contributed by atoms with Crippen LogP contribution in [0.1, 0.15) is 30.0 Å². The minimum Gasteiger partial charge on any atom is -0.469 e. The standard InChI is InChI=1S/C16H19N3O/c1-3-19-16-7-5-4-6-13(16)15(18-19)9-14(17)12-8-11(2)20-10-12/h4-8,10,14H,3,9,17H2,1-2H3. The monoisotopic (exact) mass is 269 g/mol. The van der Waals surface area contributed by atoms with E-state index in [9.17, 15) is 0 Å². The van der Waals surface area contributed by atoms with Crippen molar-refractivity contribution in [3.8, 4) is 0 Å². The topological polar surface area (TPSA) is 57.0 Å². The predicted octanol–water partition coefficient (Wildman–Crippen LogP) is 3.20. The zero-order chi connectivity index (χ0) is 14.1. The van der Waals surface area contributed by atoms with Gasteiger partial charge in [-0.3, -0.25) is 4.68 Å². The van der Waals surface area contributed by atoms with Crippen LogP contribution in [0.3, 0.4) is 0 Å². The van der Waals surface area contributed by atoms with E-state index < -0.39 is 0 Å². The molecule has 0 aliphatic carbocycles. The van der Waals surface area contributed by atoms with Crippen molar-refractivity contribution in [1.29, 1.82) is 0 Å². The molecule has 0 fully saturated rings. The lowest BCUT2D eigenvalue weighted by Crippen LogP contribution is -2.13. The van der Waals surface area contributed by atoms with Gasteiger partial charge < -0.3 is 10.2 Å². The van der Waals surface area contributed by atoms with Gasteiger partial charge in [0.1, 0.15) is 5.76 Å². The van der Waals surface area contributed by atoms with Gasteiger partial charge in [-0.15, -0.1) is 0 Å². The normalized spacial score (nSPS) is 12.9. The maximum atomic E-state index is 6.27. The molecule has 3 aromatic rings. The zero-order valence-electron chi connectivity index (χ0n) is 11.8. The van der Waals surface area contributed by atoms with Crippen LogP contribution < -0.4 is 5.73 Å². The van der Waals surface area contributed by atoms with Crippen molar-refractivity contribution < 1.29 is 4.42 Å². The Labute approximate surface area is 118 Å². The summed E-state index contributed by atoms with van der Waals surface area (Å²) < 4.78 is 7.36. The van der Waals surface area contributed by atoms with Crippen molar-refractivity contribution in [1.82, 2.24) is 9.78 Å². The molecule has 0 spiro atoms. The van der Waals surface area contributed by atoms with Crippen LogP contribution in [-0.4, -0.2) is 9.78 Å². The molecule has 3 rings (SSSR count). The number of hydrogen-bond donors (Lipinski definition) is 1. The first-order chi connectivity index (χ1) is 9.69. The molecule has 4 heteroatoms. The van der Waals surface area contributed by atoms with Crippen molar-refractivity contribution in [3.05, 3.63) is 53.6 Å². The van der Waals surface area contributed by atoms with Gasteiger partial charge >= 0.3 is 0 Å². The van der Waals surface area contributed by atoms with Gasteiger partial charge in [-0.1, -0.05) is 18.2 Å². The number of rotatable bonds is 4. The number of aromatic nitrogens is 2. The first kappa shape index (κ1) is 12.9. The fourth-order valence-corrected chi connectivity index (χ4v) is 2.57. The van der Waals surface area contributed by atoms with E-state index in [4.69, 9.17) is 10.2 Å². The Hall–Kier alpha value is -2.07. The number of hydrogen-bond acceptors (Lipinski definition) is 3. The van der Waals surface area contributed by atoms with E-state index in [-0.39, 0.29) is 6.04 Å². The molecular weight excluding hydrogens is 250 g/mol. The second kappa shape index (κ2) is 5.13. The van der Waals surface area contributed by atoms with Crippen molar-refractivity contribution in [2.75, 3.05) is 0 Å². The largest absolute Gasteiger partial charge is 0.469 e. The second-order valence-corrected chi connectivity index (χ2v) is 5.08. The third-order valence-corrected chi connectivity index (χ3v) is 3.63. The number of fused-ring (bicyclic) bond motifs is 1. The van der Waals surface area contributed by atoms with Gasteiger partial charge in [-0.2, -0.15) is 5.10 Å². The minimum absolute atomic E-state index is 0.0870. The predicted molar refractivity (Wildman–Crippen MR) is 79.5 cm³/mol. The van der Waals surface area contributed by atoms with E-state index in [1.54, 1.807) is 6.26 Å². The Bertz CT molecular complexity index is 726. The molecule has 0 bridgehead atoms. The maximum Gasteiger partial charge on any atom is 0.101 e. The Kier molecular flexibility index (Phi) is 3.32. The van der Waals surface area contributed by atoms with E-state index in [1.165, 1.54) is 10.9 Å². The van der Waals surface area contributed by atoms with Crippen LogP contribution in [-0.2, 0) is 13.0 Å². The second-order valence-electron chi connectivity index (χ2n) is 5.08. The Balaban J connectivity index is 1.94. The highest BCUT2D eigenvalue weighted by atomic mass is 16.3. The number of para-hydroxylation sites is 1. The molecule has 4 nitrogen and oxygen atoms in total. The lowest BCUT2D eigenvalue weighted by molar-refractivity contribution is 0.527. The molecule has 0 aliphatic heterocycles. The van der Waals surface area contributed by atoms with Crippen LogP contribution in [0.15, 0.2) is 41.0 Å². The van der Waals surface area contributed by atoms with Gasteiger partial charge in [0.15, 0.2) is 0 Å². The highest BCUT2D eigenvalue weighted by molar-refractivity contribution is 5.82. The van der Waals surface area contributed by atoms with Gasteiger partial charge in [0.2, 0.25) is 0 Å². The Morgan fingerprint density at radius 1 is 1.35 bits per heavy atom. The molecule has 0 radical (unpaired) electrons. The molecule has 0 aliphatic rings. The minimum atomic E-state index is -0.0870. The first-order valence-electron chi connectivity index (χ1n) is 6.94. The summed E-state index contributed by atoms with van der Waals surface area (Å²) in [5, 5.41) is 5.87. The number of furan rings is 1. The molecule has 2 aromatic heterocycles. The highest BCUT2D eigenvalue weighted by Crippen LogP contribution is 2.24. The first-order valence-corrected chi connectivity index (χ1v) is 6.94.